The molecular formula is C16H30FN3O. The van der Waals surface area contributed by atoms with Crippen molar-refractivity contribution in [2.24, 2.45) is 5.73 Å². The van der Waals surface area contributed by atoms with Gasteiger partial charge in [-0.05, 0) is 24.1 Å². The highest BCUT2D eigenvalue weighted by Crippen LogP contribution is 2.16. The number of halogens is 1. The van der Waals surface area contributed by atoms with Gasteiger partial charge in [0.05, 0.1) is 0 Å². The summed E-state index contributed by atoms with van der Waals surface area (Å²) < 4.78 is 12.3. The third-order valence-corrected chi connectivity index (χ3v) is 3.11. The van der Waals surface area contributed by atoms with E-state index >= 15 is 0 Å². The fourth-order valence-electron chi connectivity index (χ4n) is 2.12. The summed E-state index contributed by atoms with van der Waals surface area (Å²) in [6, 6.07) is 7.93. The third kappa shape index (κ3) is 7.41. The molecule has 1 aromatic rings. The van der Waals surface area contributed by atoms with Gasteiger partial charge in [-0.15, -0.1) is 0 Å². The van der Waals surface area contributed by atoms with E-state index in [1.54, 1.807) is 0 Å². The number of piperazine rings is 1. The predicted molar refractivity (Wildman–Crippen MR) is 88.7 cm³/mol. The van der Waals surface area contributed by atoms with Crippen LogP contribution in [0.4, 0.5) is 10.1 Å². The van der Waals surface area contributed by atoms with E-state index in [1.807, 2.05) is 26.0 Å². The van der Waals surface area contributed by atoms with Gasteiger partial charge in [0.25, 0.3) is 0 Å². The van der Waals surface area contributed by atoms with Crippen molar-refractivity contribution in [2.75, 3.05) is 44.9 Å². The van der Waals surface area contributed by atoms with Crippen molar-refractivity contribution in [1.82, 2.24) is 5.32 Å². The average Bonchev–Trinajstić information content (AvgIpc) is 2.60. The Bertz CT molecular complexity index is 340. The molecule has 1 heterocycles. The molecule has 0 spiro atoms. The minimum Gasteiger partial charge on any atom is -0.400 e. The normalized spacial score (nSPS) is 15.2. The number of aliphatic hydroxyl groups excluding tert-OH is 1. The number of hydrogen-bond donors (Lipinski definition) is 3. The molecule has 122 valence electrons. The van der Waals surface area contributed by atoms with Crippen molar-refractivity contribution in [1.29, 1.82) is 0 Å². The van der Waals surface area contributed by atoms with Gasteiger partial charge in [0.15, 0.2) is 0 Å². The second kappa shape index (κ2) is 12.6. The quantitative estimate of drug-likeness (QED) is 0.790. The van der Waals surface area contributed by atoms with Gasteiger partial charge < -0.3 is 21.1 Å². The molecule has 1 unspecified atom stereocenters. The lowest BCUT2D eigenvalue weighted by Crippen LogP contribution is -2.43. The Balaban J connectivity index is 0.000000921. The summed E-state index contributed by atoms with van der Waals surface area (Å²) in [5.74, 6) is 0. The third-order valence-electron chi connectivity index (χ3n) is 3.11. The number of anilines is 1. The number of hydrogen-bond acceptors (Lipinski definition) is 4. The minimum absolute atomic E-state index is 0.375. The van der Waals surface area contributed by atoms with E-state index in [0.717, 1.165) is 38.9 Å². The smallest absolute Gasteiger partial charge is 0.105 e. The van der Waals surface area contributed by atoms with Gasteiger partial charge in [0.1, 0.15) is 6.67 Å². The van der Waals surface area contributed by atoms with E-state index in [2.05, 4.69) is 22.3 Å². The van der Waals surface area contributed by atoms with Crippen LogP contribution in [-0.4, -0.2) is 51.1 Å². The van der Waals surface area contributed by atoms with E-state index in [4.69, 9.17) is 10.8 Å². The Morgan fingerprint density at radius 2 is 1.71 bits per heavy atom. The molecule has 0 amide bonds. The van der Waals surface area contributed by atoms with Gasteiger partial charge in [-0.1, -0.05) is 26.0 Å². The Hall–Kier alpha value is -1.17. The molecule has 0 radical (unpaired) electrons. The second-order valence-corrected chi connectivity index (χ2v) is 4.52. The molecule has 4 nitrogen and oxygen atoms in total. The van der Waals surface area contributed by atoms with E-state index in [0.29, 0.717) is 6.42 Å². The number of nitrogens with zero attached hydrogens (tertiary/aromatic N) is 1. The number of nitrogens with one attached hydrogen (secondary N) is 1. The van der Waals surface area contributed by atoms with Crippen LogP contribution in [0.1, 0.15) is 19.4 Å². The summed E-state index contributed by atoms with van der Waals surface area (Å²) in [5.41, 5.74) is 7.94. The number of alkyl halides is 1. The molecule has 0 aliphatic carbocycles. The summed E-state index contributed by atoms with van der Waals surface area (Å²) >= 11 is 0. The van der Waals surface area contributed by atoms with Crippen LogP contribution in [0, 0.1) is 0 Å². The zero-order valence-corrected chi connectivity index (χ0v) is 13.5. The van der Waals surface area contributed by atoms with Crippen LogP contribution in [0.3, 0.4) is 0 Å². The summed E-state index contributed by atoms with van der Waals surface area (Å²) in [6.07, 6.45) is 0.609. The Morgan fingerprint density at radius 3 is 2.19 bits per heavy atom. The van der Waals surface area contributed by atoms with Crippen LogP contribution in [0.5, 0.6) is 0 Å². The molecule has 21 heavy (non-hydrogen) atoms. The Morgan fingerprint density at radius 1 is 1.19 bits per heavy atom. The molecule has 1 atom stereocenters. The molecule has 4 N–H and O–H groups in total. The van der Waals surface area contributed by atoms with Gasteiger partial charge in [-0.25, -0.2) is 4.39 Å². The Labute approximate surface area is 128 Å². The number of rotatable bonds is 4. The highest BCUT2D eigenvalue weighted by molar-refractivity contribution is 5.48. The molecule has 1 aliphatic rings. The first-order valence-electron chi connectivity index (χ1n) is 7.60. The second-order valence-electron chi connectivity index (χ2n) is 4.52. The molecule has 1 saturated heterocycles. The summed E-state index contributed by atoms with van der Waals surface area (Å²) in [6.45, 7) is 7.70. The first kappa shape index (κ1) is 19.8. The summed E-state index contributed by atoms with van der Waals surface area (Å²) in [7, 11) is 1.00. The van der Waals surface area contributed by atoms with Gasteiger partial charge >= 0.3 is 0 Å². The first-order valence-corrected chi connectivity index (χ1v) is 7.60. The van der Waals surface area contributed by atoms with Crippen LogP contribution in [0.25, 0.3) is 0 Å². The Kier molecular flexibility index (Phi) is 11.9. The standard InChI is InChI=1S/C13H20FN3.C2H6.CH4O/c14-10-12(15)9-11-1-3-13(4-2-11)17-7-5-16-6-8-17;2*1-2/h1-4,12,16H,5-10,15H2;1-2H3;2H,1H3. The zero-order chi connectivity index (χ0) is 16.1. The number of nitrogens with two attached hydrogens (primary N) is 1. The van der Waals surface area contributed by atoms with E-state index in [-0.39, 0.29) is 6.04 Å². The molecular weight excluding hydrogens is 269 g/mol. The SMILES string of the molecule is CC.CO.NC(CF)Cc1ccc(N2CCNCC2)cc1. The van der Waals surface area contributed by atoms with Crippen molar-refractivity contribution in [2.45, 2.75) is 26.3 Å². The fraction of sp³-hybridized carbons (Fsp3) is 0.625. The lowest BCUT2D eigenvalue weighted by molar-refractivity contribution is 0.399. The summed E-state index contributed by atoms with van der Waals surface area (Å²) in [4.78, 5) is 2.36. The maximum Gasteiger partial charge on any atom is 0.105 e. The largest absolute Gasteiger partial charge is 0.400 e. The molecule has 0 aromatic heterocycles. The molecule has 0 bridgehead atoms. The molecule has 2 rings (SSSR count). The molecule has 1 aromatic carbocycles. The van der Waals surface area contributed by atoms with Crippen LogP contribution in [0.2, 0.25) is 0 Å². The first-order chi connectivity index (χ1) is 10.3. The van der Waals surface area contributed by atoms with Crippen LogP contribution < -0.4 is 16.0 Å². The fourth-order valence-corrected chi connectivity index (χ4v) is 2.12. The van der Waals surface area contributed by atoms with E-state index in [9.17, 15) is 4.39 Å². The topological polar surface area (TPSA) is 61.5 Å². The number of aliphatic hydroxyl groups is 1. The summed E-state index contributed by atoms with van der Waals surface area (Å²) in [5, 5.41) is 10.3. The zero-order valence-electron chi connectivity index (χ0n) is 13.5. The van der Waals surface area contributed by atoms with E-state index in [1.165, 1.54) is 5.69 Å². The average molecular weight is 299 g/mol. The molecule has 0 saturated carbocycles. The maximum absolute atomic E-state index is 12.3. The van der Waals surface area contributed by atoms with Crippen LogP contribution in [0.15, 0.2) is 24.3 Å². The minimum atomic E-state index is -0.459. The number of benzene rings is 1. The molecule has 1 aliphatic heterocycles. The maximum atomic E-state index is 12.3. The highest BCUT2D eigenvalue weighted by Gasteiger charge is 2.10. The van der Waals surface area contributed by atoms with Gasteiger partial charge in [0.2, 0.25) is 0 Å². The van der Waals surface area contributed by atoms with Crippen molar-refractivity contribution in [3.63, 3.8) is 0 Å². The van der Waals surface area contributed by atoms with Gasteiger partial charge in [-0.3, -0.25) is 0 Å². The van der Waals surface area contributed by atoms with Gasteiger partial charge in [0, 0.05) is 45.0 Å². The van der Waals surface area contributed by atoms with Crippen molar-refractivity contribution in [3.05, 3.63) is 29.8 Å². The van der Waals surface area contributed by atoms with Crippen molar-refractivity contribution in [3.8, 4) is 0 Å². The van der Waals surface area contributed by atoms with Crippen LogP contribution in [-0.2, 0) is 6.42 Å². The molecule has 5 heteroatoms. The van der Waals surface area contributed by atoms with Crippen LogP contribution >= 0.6 is 0 Å². The monoisotopic (exact) mass is 299 g/mol. The lowest BCUT2D eigenvalue weighted by Gasteiger charge is -2.29. The highest BCUT2D eigenvalue weighted by atomic mass is 19.1. The van der Waals surface area contributed by atoms with Crippen molar-refractivity contribution < 1.29 is 9.50 Å². The van der Waals surface area contributed by atoms with E-state index < -0.39 is 6.67 Å². The predicted octanol–water partition coefficient (Wildman–Crippen LogP) is 1.57. The lowest BCUT2D eigenvalue weighted by atomic mass is 10.1. The molecule has 1 fully saturated rings. The van der Waals surface area contributed by atoms with Crippen molar-refractivity contribution >= 4 is 5.69 Å². The van der Waals surface area contributed by atoms with Gasteiger partial charge in [-0.2, -0.15) is 0 Å².